The molecular formula is C18H23F2N5O6. The Balaban J connectivity index is 2.24. The summed E-state index contributed by atoms with van der Waals surface area (Å²) >= 11 is 0. The third-order valence-corrected chi connectivity index (χ3v) is 3.98. The van der Waals surface area contributed by atoms with E-state index in [-0.39, 0.29) is 43.1 Å². The van der Waals surface area contributed by atoms with Crippen molar-refractivity contribution in [2.24, 2.45) is 5.73 Å². The van der Waals surface area contributed by atoms with Crippen molar-refractivity contribution in [3.8, 4) is 5.75 Å². The molecule has 1 atom stereocenters. The lowest BCUT2D eigenvalue weighted by Gasteiger charge is -2.27. The maximum Gasteiger partial charge on any atom is 0.387 e. The molecule has 11 nitrogen and oxygen atoms in total. The van der Waals surface area contributed by atoms with Crippen molar-refractivity contribution in [1.29, 1.82) is 0 Å². The van der Waals surface area contributed by atoms with Crippen molar-refractivity contribution < 1.29 is 37.4 Å². The van der Waals surface area contributed by atoms with Crippen molar-refractivity contribution in [2.75, 3.05) is 30.0 Å². The Bertz CT molecular complexity index is 851. The Hall–Kier alpha value is -3.48. The Kier molecular flexibility index (Phi) is 8.07. The summed E-state index contributed by atoms with van der Waals surface area (Å²) in [5.74, 6) is -3.06. The molecule has 1 saturated heterocycles. The number of alkyl halides is 2. The molecule has 0 unspecified atom stereocenters. The Morgan fingerprint density at radius 2 is 1.94 bits per heavy atom. The highest BCUT2D eigenvalue weighted by molar-refractivity contribution is 6.12. The zero-order chi connectivity index (χ0) is 23.1. The highest BCUT2D eigenvalue weighted by Gasteiger charge is 2.28. The van der Waals surface area contributed by atoms with Crippen LogP contribution in [0.25, 0.3) is 0 Å². The number of nitrogens with one attached hydrogen (secondary N) is 3. The van der Waals surface area contributed by atoms with Gasteiger partial charge in [0.15, 0.2) is 11.8 Å². The van der Waals surface area contributed by atoms with Gasteiger partial charge in [0.05, 0.1) is 12.3 Å². The minimum absolute atomic E-state index is 0.159. The van der Waals surface area contributed by atoms with Gasteiger partial charge in [-0.1, -0.05) is 0 Å². The van der Waals surface area contributed by atoms with Crippen LogP contribution in [0, 0.1) is 0 Å². The SMILES string of the molecule is CC(C)NC(=O)N[C@@H](C(N)=O)C(=O)Nc1ccc(N2CCOCC2=O)cc1OC(F)F. The van der Waals surface area contributed by atoms with Crippen LogP contribution in [-0.4, -0.2) is 62.2 Å². The first-order chi connectivity index (χ1) is 14.6. The Labute approximate surface area is 176 Å². The normalized spacial score (nSPS) is 14.9. The summed E-state index contributed by atoms with van der Waals surface area (Å²) < 4.78 is 35.3. The third-order valence-electron chi connectivity index (χ3n) is 3.98. The van der Waals surface area contributed by atoms with Gasteiger partial charge in [-0.05, 0) is 26.0 Å². The molecule has 5 amide bonds. The van der Waals surface area contributed by atoms with Gasteiger partial charge in [0.25, 0.3) is 11.8 Å². The van der Waals surface area contributed by atoms with Crippen LogP contribution in [0.1, 0.15) is 13.8 Å². The summed E-state index contributed by atoms with van der Waals surface area (Å²) in [4.78, 5) is 49.2. The topological polar surface area (TPSA) is 152 Å². The quantitative estimate of drug-likeness (QED) is 0.420. The van der Waals surface area contributed by atoms with Crippen LogP contribution < -0.4 is 31.3 Å². The van der Waals surface area contributed by atoms with Crippen molar-refractivity contribution in [1.82, 2.24) is 10.6 Å². The van der Waals surface area contributed by atoms with Gasteiger partial charge in [-0.2, -0.15) is 8.78 Å². The summed E-state index contributed by atoms with van der Waals surface area (Å²) in [5, 5.41) is 6.76. The molecule has 0 bridgehead atoms. The first-order valence-corrected chi connectivity index (χ1v) is 9.22. The van der Waals surface area contributed by atoms with Crippen LogP contribution in [0.15, 0.2) is 18.2 Å². The molecule has 5 N–H and O–H groups in total. The number of anilines is 2. The molecule has 0 radical (unpaired) electrons. The van der Waals surface area contributed by atoms with Gasteiger partial charge in [-0.3, -0.25) is 14.4 Å². The van der Waals surface area contributed by atoms with Gasteiger partial charge in [-0.25, -0.2) is 4.79 Å². The summed E-state index contributed by atoms with van der Waals surface area (Å²) in [6, 6.07) is 0.884. The van der Waals surface area contributed by atoms with Crippen LogP contribution in [0.5, 0.6) is 5.75 Å². The zero-order valence-corrected chi connectivity index (χ0v) is 16.8. The Morgan fingerprint density at radius 3 is 2.52 bits per heavy atom. The molecule has 1 heterocycles. The summed E-state index contributed by atoms with van der Waals surface area (Å²) in [6.07, 6.45) is 0. The molecule has 1 aliphatic rings. The number of halogens is 2. The zero-order valence-electron chi connectivity index (χ0n) is 16.8. The molecule has 0 saturated carbocycles. The molecule has 170 valence electrons. The first kappa shape index (κ1) is 23.8. The average Bonchev–Trinajstić information content (AvgIpc) is 2.66. The number of carbonyl (C=O) groups excluding carboxylic acids is 4. The fraction of sp³-hybridized carbons (Fsp3) is 0.444. The maximum atomic E-state index is 12.9. The van der Waals surface area contributed by atoms with E-state index in [1.165, 1.54) is 17.0 Å². The number of ether oxygens (including phenoxy) is 2. The molecule has 2 rings (SSSR count). The first-order valence-electron chi connectivity index (χ1n) is 9.22. The van der Waals surface area contributed by atoms with Crippen molar-refractivity contribution >= 4 is 35.1 Å². The average molecular weight is 443 g/mol. The summed E-state index contributed by atoms with van der Waals surface area (Å²) in [5.41, 5.74) is 5.21. The van der Waals surface area contributed by atoms with Gasteiger partial charge in [0.1, 0.15) is 6.61 Å². The van der Waals surface area contributed by atoms with Crippen LogP contribution in [0.4, 0.5) is 25.0 Å². The number of hydrogen-bond donors (Lipinski definition) is 4. The molecule has 1 aromatic rings. The summed E-state index contributed by atoms with van der Waals surface area (Å²) in [7, 11) is 0. The minimum atomic E-state index is -3.23. The highest BCUT2D eigenvalue weighted by atomic mass is 19.3. The number of nitrogens with two attached hydrogens (primary N) is 1. The fourth-order valence-electron chi connectivity index (χ4n) is 2.67. The largest absolute Gasteiger partial charge is 0.433 e. The molecule has 0 aliphatic carbocycles. The van der Waals surface area contributed by atoms with E-state index >= 15 is 0 Å². The van der Waals surface area contributed by atoms with Crippen LogP contribution in [-0.2, 0) is 19.1 Å². The standard InChI is InChI=1S/C18H23F2N5O6/c1-9(2)22-18(29)24-14(15(21)27)16(28)23-11-4-3-10(7-12(11)31-17(19)20)25-5-6-30-8-13(25)26/h3-4,7,9,14,17H,5-6,8H2,1-2H3,(H2,21,27)(H,23,28)(H2,22,24,29)/t14-/m0/s1. The highest BCUT2D eigenvalue weighted by Crippen LogP contribution is 2.32. The van der Waals surface area contributed by atoms with E-state index in [2.05, 4.69) is 20.7 Å². The lowest BCUT2D eigenvalue weighted by molar-refractivity contribution is -0.128. The summed E-state index contributed by atoms with van der Waals surface area (Å²) in [6.45, 7) is 0.403. The Morgan fingerprint density at radius 1 is 1.23 bits per heavy atom. The van der Waals surface area contributed by atoms with Crippen LogP contribution in [0.3, 0.4) is 0 Å². The van der Waals surface area contributed by atoms with Crippen molar-refractivity contribution in [2.45, 2.75) is 32.5 Å². The molecule has 0 aromatic heterocycles. The number of amides is 5. The van der Waals surface area contributed by atoms with E-state index in [1.807, 2.05) is 0 Å². The van der Waals surface area contributed by atoms with Gasteiger partial charge in [0, 0.05) is 24.3 Å². The van der Waals surface area contributed by atoms with E-state index in [0.29, 0.717) is 0 Å². The molecule has 0 spiro atoms. The van der Waals surface area contributed by atoms with E-state index in [4.69, 9.17) is 10.5 Å². The van der Waals surface area contributed by atoms with E-state index in [1.54, 1.807) is 13.8 Å². The molecule has 31 heavy (non-hydrogen) atoms. The number of benzene rings is 1. The lowest BCUT2D eigenvalue weighted by Crippen LogP contribution is -2.55. The van der Waals surface area contributed by atoms with Crippen molar-refractivity contribution in [3.63, 3.8) is 0 Å². The van der Waals surface area contributed by atoms with Gasteiger partial charge < -0.3 is 36.1 Å². The molecule has 1 aliphatic heterocycles. The van der Waals surface area contributed by atoms with Crippen molar-refractivity contribution in [3.05, 3.63) is 18.2 Å². The molecule has 13 heteroatoms. The molecule has 1 aromatic carbocycles. The number of hydrogen-bond acceptors (Lipinski definition) is 6. The number of morpholine rings is 1. The number of primary amides is 1. The smallest absolute Gasteiger partial charge is 0.387 e. The second-order valence-electron chi connectivity index (χ2n) is 6.75. The number of urea groups is 1. The van der Waals surface area contributed by atoms with Gasteiger partial charge >= 0.3 is 12.6 Å². The van der Waals surface area contributed by atoms with Gasteiger partial charge in [-0.15, -0.1) is 0 Å². The predicted molar refractivity (Wildman–Crippen MR) is 105 cm³/mol. The van der Waals surface area contributed by atoms with Crippen LogP contribution in [0.2, 0.25) is 0 Å². The number of carbonyl (C=O) groups is 4. The number of nitrogens with zero attached hydrogens (tertiary/aromatic N) is 1. The fourth-order valence-corrected chi connectivity index (χ4v) is 2.67. The number of rotatable bonds is 8. The van der Waals surface area contributed by atoms with Gasteiger partial charge in [0.2, 0.25) is 5.91 Å². The minimum Gasteiger partial charge on any atom is -0.433 e. The van der Waals surface area contributed by atoms with E-state index in [0.717, 1.165) is 6.07 Å². The second-order valence-corrected chi connectivity index (χ2v) is 6.75. The molecular weight excluding hydrogens is 420 g/mol. The monoisotopic (exact) mass is 443 g/mol. The predicted octanol–water partition coefficient (Wildman–Crippen LogP) is 0.151. The second kappa shape index (κ2) is 10.5. The lowest BCUT2D eigenvalue weighted by atomic mass is 10.2. The molecule has 1 fully saturated rings. The van der Waals surface area contributed by atoms with E-state index in [9.17, 15) is 28.0 Å². The maximum absolute atomic E-state index is 12.9. The van der Waals surface area contributed by atoms with E-state index < -0.39 is 36.2 Å². The van der Waals surface area contributed by atoms with Crippen LogP contribution >= 0.6 is 0 Å². The third kappa shape index (κ3) is 6.77.